The third-order valence-corrected chi connectivity index (χ3v) is 1.61. The Morgan fingerprint density at radius 1 is 0.875 bits per heavy atom. The minimum Gasteiger partial charge on any atom is -0.480 e. The lowest BCUT2D eigenvalue weighted by molar-refractivity contribution is -0.141. The van der Waals surface area contributed by atoms with Gasteiger partial charge < -0.3 is 31.9 Å². The number of aliphatic hydroxyl groups is 2. The van der Waals surface area contributed by atoms with Gasteiger partial charge in [0.15, 0.2) is 0 Å². The topological polar surface area (TPSA) is 167 Å². The molecule has 0 saturated heterocycles. The largest absolute Gasteiger partial charge is 0.480 e. The lowest BCUT2D eigenvalue weighted by atomic mass is 10.2. The summed E-state index contributed by atoms with van der Waals surface area (Å²) in [5.74, 6) is -2.36. The number of nitrogens with two attached hydrogens (primary N) is 2. The number of aliphatic carboxylic acids is 2. The van der Waals surface area contributed by atoms with Crippen molar-refractivity contribution in [3.63, 3.8) is 0 Å². The van der Waals surface area contributed by atoms with Crippen molar-refractivity contribution < 1.29 is 30.0 Å². The first kappa shape index (κ1) is 17.2. The molecular formula is C8H18N2O6. The van der Waals surface area contributed by atoms with E-state index in [2.05, 4.69) is 0 Å². The summed E-state index contributed by atoms with van der Waals surface area (Å²) in [4.78, 5) is 19.7. The van der Waals surface area contributed by atoms with Gasteiger partial charge in [0, 0.05) is 0 Å². The van der Waals surface area contributed by atoms with Crippen molar-refractivity contribution in [3.05, 3.63) is 0 Å². The maximum absolute atomic E-state index is 9.86. The molecule has 0 aromatic carbocycles. The molecule has 8 N–H and O–H groups in total. The first-order valence-electron chi connectivity index (χ1n) is 4.44. The fourth-order valence-corrected chi connectivity index (χ4v) is 0.413. The summed E-state index contributed by atoms with van der Waals surface area (Å²) in [6.07, 6.45) is -1.96. The minimum atomic E-state index is -1.18. The molecule has 0 aliphatic carbocycles. The van der Waals surface area contributed by atoms with Crippen LogP contribution in [-0.2, 0) is 9.59 Å². The lowest BCUT2D eigenvalue weighted by Gasteiger charge is -2.07. The minimum absolute atomic E-state index is 0.979. The van der Waals surface area contributed by atoms with Crippen LogP contribution in [0.2, 0.25) is 0 Å². The van der Waals surface area contributed by atoms with Gasteiger partial charge in [-0.1, -0.05) is 0 Å². The quantitative estimate of drug-likeness (QED) is 0.314. The van der Waals surface area contributed by atoms with E-state index >= 15 is 0 Å². The van der Waals surface area contributed by atoms with Crippen LogP contribution >= 0.6 is 0 Å². The molecule has 0 radical (unpaired) electrons. The third-order valence-electron chi connectivity index (χ3n) is 1.61. The Balaban J connectivity index is 0. The zero-order chi connectivity index (χ0) is 13.5. The highest BCUT2D eigenvalue weighted by molar-refractivity contribution is 5.74. The number of carboxylic acids is 2. The van der Waals surface area contributed by atoms with E-state index in [1.54, 1.807) is 0 Å². The van der Waals surface area contributed by atoms with Crippen LogP contribution in [0.4, 0.5) is 0 Å². The maximum Gasteiger partial charge on any atom is 0.323 e. The van der Waals surface area contributed by atoms with E-state index in [1.807, 2.05) is 0 Å². The summed E-state index contributed by atoms with van der Waals surface area (Å²) in [7, 11) is 0. The molecule has 0 amide bonds. The SMILES string of the molecule is CC(O)[C@H](N)C(=O)O.CC(O)[C@H](N)C(=O)O. The van der Waals surface area contributed by atoms with Gasteiger partial charge in [0.25, 0.3) is 0 Å². The molecule has 8 heteroatoms. The normalized spacial score (nSPS) is 17.4. The number of rotatable bonds is 4. The Hall–Kier alpha value is -1.22. The van der Waals surface area contributed by atoms with Gasteiger partial charge in [-0.25, -0.2) is 0 Å². The zero-order valence-corrected chi connectivity index (χ0v) is 9.07. The predicted molar refractivity (Wildman–Crippen MR) is 54.6 cm³/mol. The van der Waals surface area contributed by atoms with E-state index in [9.17, 15) is 9.59 Å². The molecule has 8 nitrogen and oxygen atoms in total. The number of hydrogen-bond acceptors (Lipinski definition) is 6. The highest BCUT2D eigenvalue weighted by atomic mass is 16.4. The van der Waals surface area contributed by atoms with Crippen molar-refractivity contribution in [2.45, 2.75) is 38.1 Å². The van der Waals surface area contributed by atoms with Crippen LogP contribution in [0.3, 0.4) is 0 Å². The fourth-order valence-electron chi connectivity index (χ4n) is 0.413. The van der Waals surface area contributed by atoms with Gasteiger partial charge >= 0.3 is 11.9 Å². The van der Waals surface area contributed by atoms with Crippen LogP contribution in [0, 0.1) is 0 Å². The van der Waals surface area contributed by atoms with Gasteiger partial charge in [0.2, 0.25) is 0 Å². The van der Waals surface area contributed by atoms with Gasteiger partial charge in [-0.05, 0) is 13.8 Å². The van der Waals surface area contributed by atoms with Crippen molar-refractivity contribution in [2.75, 3.05) is 0 Å². The summed E-state index contributed by atoms with van der Waals surface area (Å²) in [5, 5.41) is 33.1. The van der Waals surface area contributed by atoms with Gasteiger partial charge in [0.1, 0.15) is 12.1 Å². The van der Waals surface area contributed by atoms with Crippen molar-refractivity contribution in [2.24, 2.45) is 11.5 Å². The van der Waals surface area contributed by atoms with E-state index in [1.165, 1.54) is 13.8 Å². The van der Waals surface area contributed by atoms with Crippen LogP contribution < -0.4 is 11.5 Å². The fraction of sp³-hybridized carbons (Fsp3) is 0.750. The second-order valence-corrected chi connectivity index (χ2v) is 3.21. The highest BCUT2D eigenvalue weighted by Crippen LogP contribution is 1.86. The van der Waals surface area contributed by atoms with E-state index in [0.717, 1.165) is 0 Å². The van der Waals surface area contributed by atoms with Crippen LogP contribution in [0.15, 0.2) is 0 Å². The number of aliphatic hydroxyl groups excluding tert-OH is 2. The van der Waals surface area contributed by atoms with Crippen molar-refractivity contribution in [3.8, 4) is 0 Å². The smallest absolute Gasteiger partial charge is 0.323 e. The van der Waals surface area contributed by atoms with E-state index in [0.29, 0.717) is 0 Å². The van der Waals surface area contributed by atoms with Crippen LogP contribution in [0.1, 0.15) is 13.8 Å². The summed E-state index contributed by atoms with van der Waals surface area (Å²) in [6.45, 7) is 2.66. The molecule has 0 aromatic heterocycles. The average molecular weight is 238 g/mol. The van der Waals surface area contributed by atoms with Gasteiger partial charge in [-0.2, -0.15) is 0 Å². The molecule has 0 spiro atoms. The Morgan fingerprint density at radius 3 is 1.06 bits per heavy atom. The molecule has 0 aliphatic rings. The summed E-state index contributed by atoms with van der Waals surface area (Å²) in [6, 6.07) is -2.31. The maximum atomic E-state index is 9.86. The van der Waals surface area contributed by atoms with Crippen LogP contribution in [-0.4, -0.2) is 56.7 Å². The van der Waals surface area contributed by atoms with Crippen molar-refractivity contribution in [1.82, 2.24) is 0 Å². The van der Waals surface area contributed by atoms with E-state index in [4.69, 9.17) is 31.9 Å². The molecule has 4 atom stereocenters. The summed E-state index contributed by atoms with van der Waals surface area (Å²) in [5.41, 5.74) is 9.82. The first-order chi connectivity index (χ1) is 7.11. The standard InChI is InChI=1S/2C4H9NO3/c2*1-2(6)3(5)4(7)8/h2*2-3,6H,5H2,1H3,(H,7,8)/t2*2?,3-/m00/s1. The molecule has 0 aliphatic heterocycles. The van der Waals surface area contributed by atoms with E-state index < -0.39 is 36.2 Å². The molecule has 0 saturated carbocycles. The molecule has 0 rings (SSSR count). The number of carboxylic acid groups (broad SMARTS) is 2. The molecule has 0 fully saturated rings. The van der Waals surface area contributed by atoms with Gasteiger partial charge in [-0.15, -0.1) is 0 Å². The molecular weight excluding hydrogens is 220 g/mol. The zero-order valence-electron chi connectivity index (χ0n) is 9.07. The number of hydrogen-bond donors (Lipinski definition) is 6. The molecule has 0 aromatic rings. The van der Waals surface area contributed by atoms with Crippen LogP contribution in [0.5, 0.6) is 0 Å². The Morgan fingerprint density at radius 2 is 1.06 bits per heavy atom. The van der Waals surface area contributed by atoms with Crippen molar-refractivity contribution in [1.29, 1.82) is 0 Å². The lowest BCUT2D eigenvalue weighted by Crippen LogP contribution is -2.39. The molecule has 16 heavy (non-hydrogen) atoms. The first-order valence-corrected chi connectivity index (χ1v) is 4.44. The average Bonchev–Trinajstić information content (AvgIpc) is 2.15. The molecule has 0 heterocycles. The predicted octanol–water partition coefficient (Wildman–Crippen LogP) is -2.44. The van der Waals surface area contributed by atoms with Gasteiger partial charge in [-0.3, -0.25) is 9.59 Å². The highest BCUT2D eigenvalue weighted by Gasteiger charge is 2.16. The monoisotopic (exact) mass is 238 g/mol. The van der Waals surface area contributed by atoms with Gasteiger partial charge in [0.05, 0.1) is 12.2 Å². The van der Waals surface area contributed by atoms with E-state index in [-0.39, 0.29) is 0 Å². The molecule has 0 bridgehead atoms. The Bertz CT molecular complexity index is 207. The summed E-state index contributed by atoms with van der Waals surface area (Å²) < 4.78 is 0. The second kappa shape index (κ2) is 7.99. The number of carbonyl (C=O) groups is 2. The second-order valence-electron chi connectivity index (χ2n) is 3.21. The van der Waals surface area contributed by atoms with Crippen molar-refractivity contribution >= 4 is 11.9 Å². The molecule has 96 valence electrons. The molecule has 2 unspecified atom stereocenters. The Kier molecular flexibility index (Phi) is 8.58. The third kappa shape index (κ3) is 8.12. The van der Waals surface area contributed by atoms with Crippen LogP contribution in [0.25, 0.3) is 0 Å². The summed E-state index contributed by atoms with van der Waals surface area (Å²) >= 11 is 0. The Labute approximate surface area is 92.5 Å².